The lowest BCUT2D eigenvalue weighted by Gasteiger charge is -2.23. The van der Waals surface area contributed by atoms with Gasteiger partial charge in [-0.25, -0.2) is 8.42 Å². The second-order valence-electron chi connectivity index (χ2n) is 4.89. The maximum Gasteiger partial charge on any atom is 0.238 e. The fourth-order valence-electron chi connectivity index (χ4n) is 1.10. The highest BCUT2D eigenvalue weighted by atomic mass is 32.2. The molecule has 96 valence electrons. The van der Waals surface area contributed by atoms with E-state index in [1.54, 1.807) is 0 Å². The largest absolute Gasteiger partial charge is 0.350 e. The molecule has 0 spiro atoms. The number of sulfone groups is 1. The maximum atomic E-state index is 11.7. The van der Waals surface area contributed by atoms with E-state index in [4.69, 9.17) is 5.73 Å². The second kappa shape index (κ2) is 5.63. The van der Waals surface area contributed by atoms with Gasteiger partial charge in [-0.15, -0.1) is 0 Å². The molecule has 16 heavy (non-hydrogen) atoms. The van der Waals surface area contributed by atoms with Gasteiger partial charge in [-0.1, -0.05) is 0 Å². The molecule has 5 nitrogen and oxygen atoms in total. The van der Waals surface area contributed by atoms with Crippen molar-refractivity contribution >= 4 is 15.7 Å². The first kappa shape index (κ1) is 15.4. The van der Waals surface area contributed by atoms with E-state index in [9.17, 15) is 13.2 Å². The van der Waals surface area contributed by atoms with E-state index in [-0.39, 0.29) is 5.75 Å². The van der Waals surface area contributed by atoms with E-state index in [1.165, 1.54) is 6.92 Å². The van der Waals surface area contributed by atoms with Gasteiger partial charge < -0.3 is 11.1 Å². The van der Waals surface area contributed by atoms with Gasteiger partial charge in [-0.3, -0.25) is 4.79 Å². The highest BCUT2D eigenvalue weighted by molar-refractivity contribution is 7.92. The van der Waals surface area contributed by atoms with Crippen molar-refractivity contribution in [1.29, 1.82) is 0 Å². The van der Waals surface area contributed by atoms with Gasteiger partial charge in [-0.2, -0.15) is 0 Å². The molecule has 0 aromatic heterocycles. The van der Waals surface area contributed by atoms with Crippen molar-refractivity contribution < 1.29 is 13.2 Å². The van der Waals surface area contributed by atoms with Crippen LogP contribution in [0.15, 0.2) is 0 Å². The predicted molar refractivity (Wildman–Crippen MR) is 64.8 cm³/mol. The monoisotopic (exact) mass is 250 g/mol. The van der Waals surface area contributed by atoms with Crippen LogP contribution in [-0.2, 0) is 14.6 Å². The van der Waals surface area contributed by atoms with Crippen molar-refractivity contribution in [2.24, 2.45) is 5.73 Å². The highest BCUT2D eigenvalue weighted by Crippen LogP contribution is 2.07. The standard InChI is InChI=1S/C10H22N2O3S/c1-8(9(13)12-10(2,3)4)16(14,15)7-5-6-11/h8H,5-7,11H2,1-4H3,(H,12,13). The van der Waals surface area contributed by atoms with Crippen molar-refractivity contribution in [1.82, 2.24) is 5.32 Å². The SMILES string of the molecule is CC(C(=O)NC(C)(C)C)S(=O)(=O)CCCN. The highest BCUT2D eigenvalue weighted by Gasteiger charge is 2.29. The molecule has 1 unspecified atom stereocenters. The Morgan fingerprint density at radius 3 is 2.25 bits per heavy atom. The fraction of sp³-hybridized carbons (Fsp3) is 0.900. The topological polar surface area (TPSA) is 89.3 Å². The molecule has 1 amide bonds. The van der Waals surface area contributed by atoms with Crippen LogP contribution < -0.4 is 11.1 Å². The molecule has 0 saturated heterocycles. The van der Waals surface area contributed by atoms with Crippen LogP contribution in [0.4, 0.5) is 0 Å². The van der Waals surface area contributed by atoms with E-state index in [0.717, 1.165) is 0 Å². The van der Waals surface area contributed by atoms with E-state index in [2.05, 4.69) is 5.32 Å². The summed E-state index contributed by atoms with van der Waals surface area (Å²) in [6.07, 6.45) is 0.384. The first-order valence-electron chi connectivity index (χ1n) is 5.34. The third-order valence-corrected chi connectivity index (χ3v) is 4.19. The van der Waals surface area contributed by atoms with Gasteiger partial charge in [0, 0.05) is 5.54 Å². The first-order valence-corrected chi connectivity index (χ1v) is 7.05. The average Bonchev–Trinajstić information content (AvgIpc) is 2.10. The van der Waals surface area contributed by atoms with E-state index < -0.39 is 26.5 Å². The molecule has 0 rings (SSSR count). The van der Waals surface area contributed by atoms with Gasteiger partial charge in [0.05, 0.1) is 5.75 Å². The molecule has 0 aromatic carbocycles. The van der Waals surface area contributed by atoms with Crippen LogP contribution >= 0.6 is 0 Å². The van der Waals surface area contributed by atoms with Crippen molar-refractivity contribution in [3.63, 3.8) is 0 Å². The molecule has 1 atom stereocenters. The van der Waals surface area contributed by atoms with Gasteiger partial charge in [-0.05, 0) is 40.7 Å². The normalized spacial score (nSPS) is 14.6. The summed E-state index contributed by atoms with van der Waals surface area (Å²) in [6.45, 7) is 7.15. The van der Waals surface area contributed by atoms with Crippen molar-refractivity contribution in [2.45, 2.75) is 44.9 Å². The Kier molecular flexibility index (Phi) is 5.41. The minimum absolute atomic E-state index is 0.0395. The van der Waals surface area contributed by atoms with Crippen LogP contribution in [-0.4, -0.2) is 37.4 Å². The number of rotatable bonds is 5. The van der Waals surface area contributed by atoms with Crippen LogP contribution in [0.1, 0.15) is 34.1 Å². The average molecular weight is 250 g/mol. The van der Waals surface area contributed by atoms with Gasteiger partial charge in [0.1, 0.15) is 5.25 Å². The summed E-state index contributed by atoms with van der Waals surface area (Å²) in [5.74, 6) is -0.494. The van der Waals surface area contributed by atoms with Crippen LogP contribution in [0.25, 0.3) is 0 Å². The summed E-state index contributed by atoms with van der Waals surface area (Å²) in [5, 5.41) is 1.64. The lowest BCUT2D eigenvalue weighted by Crippen LogP contribution is -2.47. The van der Waals surface area contributed by atoms with Crippen LogP contribution in [0, 0.1) is 0 Å². The minimum Gasteiger partial charge on any atom is -0.350 e. The number of hydrogen-bond donors (Lipinski definition) is 2. The molecule has 0 aromatic rings. The summed E-state index contributed by atoms with van der Waals surface area (Å²) >= 11 is 0. The van der Waals surface area contributed by atoms with Crippen molar-refractivity contribution in [3.05, 3.63) is 0 Å². The van der Waals surface area contributed by atoms with Crippen molar-refractivity contribution in [2.75, 3.05) is 12.3 Å². The van der Waals surface area contributed by atoms with Gasteiger partial charge in [0.15, 0.2) is 9.84 Å². The van der Waals surface area contributed by atoms with Crippen molar-refractivity contribution in [3.8, 4) is 0 Å². The van der Waals surface area contributed by atoms with E-state index in [0.29, 0.717) is 13.0 Å². The summed E-state index contributed by atoms with van der Waals surface area (Å²) in [7, 11) is -3.39. The molecule has 0 bridgehead atoms. The molecule has 6 heteroatoms. The summed E-state index contributed by atoms with van der Waals surface area (Å²) < 4.78 is 23.4. The zero-order valence-electron chi connectivity index (χ0n) is 10.4. The third-order valence-electron chi connectivity index (χ3n) is 2.04. The maximum absolute atomic E-state index is 11.7. The summed E-state index contributed by atoms with van der Waals surface area (Å²) in [6, 6.07) is 0. The number of nitrogens with two attached hydrogens (primary N) is 1. The number of nitrogens with one attached hydrogen (secondary N) is 1. The Morgan fingerprint density at radius 1 is 1.38 bits per heavy atom. The zero-order chi connectivity index (χ0) is 13.0. The second-order valence-corrected chi connectivity index (χ2v) is 7.33. The third kappa shape index (κ3) is 5.46. The van der Waals surface area contributed by atoms with Crippen LogP contribution in [0.5, 0.6) is 0 Å². The Labute approximate surface area is 97.7 Å². The van der Waals surface area contributed by atoms with Crippen LogP contribution in [0.3, 0.4) is 0 Å². The molecular formula is C10H22N2O3S. The lowest BCUT2D eigenvalue weighted by atomic mass is 10.1. The number of carbonyl (C=O) groups excluding carboxylic acids is 1. The summed E-state index contributed by atoms with van der Waals surface area (Å²) in [4.78, 5) is 11.6. The van der Waals surface area contributed by atoms with Gasteiger partial charge >= 0.3 is 0 Å². The Bertz CT molecular complexity index is 330. The molecule has 3 N–H and O–H groups in total. The zero-order valence-corrected chi connectivity index (χ0v) is 11.2. The lowest BCUT2D eigenvalue weighted by molar-refractivity contribution is -0.121. The molecule has 0 aliphatic carbocycles. The number of hydrogen-bond acceptors (Lipinski definition) is 4. The Morgan fingerprint density at radius 2 is 1.88 bits per heavy atom. The molecular weight excluding hydrogens is 228 g/mol. The first-order chi connectivity index (χ1) is 7.10. The number of amides is 1. The molecule has 0 aliphatic rings. The smallest absolute Gasteiger partial charge is 0.238 e. The van der Waals surface area contributed by atoms with Crippen LogP contribution in [0.2, 0.25) is 0 Å². The molecule has 0 aliphatic heterocycles. The minimum atomic E-state index is -3.39. The summed E-state index contributed by atoms with van der Waals surface area (Å²) in [5.41, 5.74) is 4.83. The molecule has 0 saturated carbocycles. The quantitative estimate of drug-likeness (QED) is 0.721. The van der Waals surface area contributed by atoms with Gasteiger partial charge in [0.25, 0.3) is 0 Å². The number of carbonyl (C=O) groups is 1. The fourth-order valence-corrected chi connectivity index (χ4v) is 2.40. The van der Waals surface area contributed by atoms with E-state index in [1.807, 2.05) is 20.8 Å². The van der Waals surface area contributed by atoms with Gasteiger partial charge in [0.2, 0.25) is 5.91 Å². The predicted octanol–water partition coefficient (Wildman–Crippen LogP) is 0.0532. The molecule has 0 radical (unpaired) electrons. The molecule has 0 heterocycles. The Balaban J connectivity index is 4.55. The van der Waals surface area contributed by atoms with E-state index >= 15 is 0 Å². The molecule has 0 fully saturated rings. The Hall–Kier alpha value is -0.620.